The van der Waals surface area contributed by atoms with Gasteiger partial charge in [-0.05, 0) is 0 Å². The van der Waals surface area contributed by atoms with Crippen molar-refractivity contribution >= 4 is 19.2 Å². The van der Waals surface area contributed by atoms with Crippen LogP contribution < -0.4 is 0 Å². The van der Waals surface area contributed by atoms with Crippen molar-refractivity contribution in [1.82, 2.24) is 0 Å². The Morgan fingerprint density at radius 2 is 0.571 bits per heavy atom. The molecule has 0 rings (SSSR count). The van der Waals surface area contributed by atoms with Gasteiger partial charge in [0.25, 0.3) is 0 Å². The Morgan fingerprint density at radius 3 is 0.886 bits per heavy atom. The summed E-state index contributed by atoms with van der Waals surface area (Å²) in [6, 6.07) is 0. The molecule has 0 amide bonds. The second-order valence-electron chi connectivity index (χ2n) is 11.2. The molecular formula is C32H68O2Sn. The SMILES string of the molecule is CCCCCCCC[O][Sn]([CH2]CCCCCCC)([CH2]CCCCCCC)[O]CCCCCCCC. The third-order valence-electron chi connectivity index (χ3n) is 7.55. The van der Waals surface area contributed by atoms with Crippen LogP contribution in [0.25, 0.3) is 0 Å². The molecule has 0 saturated heterocycles. The fourth-order valence-corrected chi connectivity index (χ4v) is 15.1. The van der Waals surface area contributed by atoms with Gasteiger partial charge in [-0.2, -0.15) is 0 Å². The quantitative estimate of drug-likeness (QED) is 0.0601. The normalized spacial score (nSPS) is 12.0. The van der Waals surface area contributed by atoms with E-state index in [0.29, 0.717) is 0 Å². The first-order valence-corrected chi connectivity index (χ1v) is 22.9. The molecule has 3 heteroatoms. The van der Waals surface area contributed by atoms with E-state index >= 15 is 0 Å². The van der Waals surface area contributed by atoms with E-state index in [1.54, 1.807) is 0 Å². The molecule has 0 aliphatic carbocycles. The molecule has 0 aromatic carbocycles. The van der Waals surface area contributed by atoms with Crippen LogP contribution >= 0.6 is 0 Å². The molecule has 0 unspecified atom stereocenters. The Kier molecular flexibility index (Phi) is 29.9. The van der Waals surface area contributed by atoms with Gasteiger partial charge in [0.2, 0.25) is 0 Å². The minimum absolute atomic E-state index is 0.977. The zero-order valence-electron chi connectivity index (χ0n) is 25.1. The molecule has 0 bridgehead atoms. The predicted molar refractivity (Wildman–Crippen MR) is 161 cm³/mol. The first-order chi connectivity index (χ1) is 17.2. The summed E-state index contributed by atoms with van der Waals surface area (Å²) in [5.41, 5.74) is 0. The van der Waals surface area contributed by atoms with Crippen LogP contribution in [-0.2, 0) is 6.15 Å². The van der Waals surface area contributed by atoms with Crippen LogP contribution in [0.15, 0.2) is 0 Å². The molecule has 0 aromatic rings. The number of unbranched alkanes of at least 4 members (excludes halogenated alkanes) is 20. The second kappa shape index (κ2) is 29.3. The van der Waals surface area contributed by atoms with Crippen LogP contribution in [0.2, 0.25) is 8.87 Å². The van der Waals surface area contributed by atoms with E-state index in [1.807, 2.05) is 0 Å². The molecule has 35 heavy (non-hydrogen) atoms. The van der Waals surface area contributed by atoms with Crippen LogP contribution in [0.3, 0.4) is 0 Å². The average molecular weight is 604 g/mol. The van der Waals surface area contributed by atoms with Crippen molar-refractivity contribution < 1.29 is 6.15 Å². The van der Waals surface area contributed by atoms with Gasteiger partial charge in [-0.3, -0.25) is 0 Å². The van der Waals surface area contributed by atoms with E-state index in [1.165, 1.54) is 163 Å². The van der Waals surface area contributed by atoms with Gasteiger partial charge in [0.15, 0.2) is 0 Å². The van der Waals surface area contributed by atoms with Gasteiger partial charge in [0.1, 0.15) is 0 Å². The molecule has 0 N–H and O–H groups in total. The Hall–Kier alpha value is 0.719. The zero-order valence-corrected chi connectivity index (χ0v) is 28.0. The summed E-state index contributed by atoms with van der Waals surface area (Å²) in [6.07, 6.45) is 32.7. The Labute approximate surface area is 228 Å². The van der Waals surface area contributed by atoms with Gasteiger partial charge in [-0.15, -0.1) is 0 Å². The molecule has 0 aliphatic rings. The Bertz CT molecular complexity index is 352. The maximum absolute atomic E-state index is 6.92. The molecule has 0 atom stereocenters. The molecule has 0 heterocycles. The van der Waals surface area contributed by atoms with Gasteiger partial charge in [-0.25, -0.2) is 0 Å². The van der Waals surface area contributed by atoms with Crippen molar-refractivity contribution in [2.75, 3.05) is 13.2 Å². The van der Waals surface area contributed by atoms with E-state index in [4.69, 9.17) is 6.15 Å². The van der Waals surface area contributed by atoms with E-state index in [0.717, 1.165) is 13.2 Å². The molecule has 212 valence electrons. The maximum atomic E-state index is 6.92. The van der Waals surface area contributed by atoms with Gasteiger partial charge in [0, 0.05) is 0 Å². The first kappa shape index (κ1) is 35.7. The average Bonchev–Trinajstić information content (AvgIpc) is 2.87. The number of hydrogen-bond acceptors (Lipinski definition) is 2. The molecule has 0 radical (unpaired) electrons. The summed E-state index contributed by atoms with van der Waals surface area (Å²) in [5, 5.41) is 0. The third-order valence-corrected chi connectivity index (χ3v) is 18.1. The van der Waals surface area contributed by atoms with Crippen molar-refractivity contribution in [2.24, 2.45) is 0 Å². The van der Waals surface area contributed by atoms with E-state index in [-0.39, 0.29) is 0 Å². The Balaban J connectivity index is 4.75. The van der Waals surface area contributed by atoms with Crippen molar-refractivity contribution in [3.63, 3.8) is 0 Å². The molecule has 0 fully saturated rings. The molecule has 2 nitrogen and oxygen atoms in total. The number of rotatable bonds is 30. The summed E-state index contributed by atoms with van der Waals surface area (Å²) in [4.78, 5) is 0. The summed E-state index contributed by atoms with van der Waals surface area (Å²) in [7, 11) is 0. The standard InChI is InChI=1S/2C8H17O.2C8H17.Sn/c2*1-2-3-4-5-6-7-8-9;2*1-3-5-7-8-6-4-2;/h2*2-8H2,1H3;2*1,3-8H2,2H3;/q2*-1;;;+2. The molecule has 0 spiro atoms. The molecular weight excluding hydrogens is 535 g/mol. The summed E-state index contributed by atoms with van der Waals surface area (Å²) in [6.45, 7) is 11.2. The van der Waals surface area contributed by atoms with Crippen molar-refractivity contribution in [1.29, 1.82) is 0 Å². The monoisotopic (exact) mass is 604 g/mol. The minimum atomic E-state index is -2.99. The molecule has 0 saturated carbocycles. The summed E-state index contributed by atoms with van der Waals surface area (Å²) in [5.74, 6) is 0. The fourth-order valence-electron chi connectivity index (χ4n) is 5.09. The van der Waals surface area contributed by atoms with Crippen molar-refractivity contribution in [3.05, 3.63) is 0 Å². The molecule has 0 aliphatic heterocycles. The van der Waals surface area contributed by atoms with E-state index < -0.39 is 19.2 Å². The van der Waals surface area contributed by atoms with Gasteiger partial charge < -0.3 is 0 Å². The predicted octanol–water partition coefficient (Wildman–Crippen LogP) is 11.9. The van der Waals surface area contributed by atoms with Gasteiger partial charge in [0.05, 0.1) is 0 Å². The van der Waals surface area contributed by atoms with Crippen LogP contribution in [0.5, 0.6) is 0 Å². The van der Waals surface area contributed by atoms with Crippen LogP contribution in [-0.4, -0.2) is 32.4 Å². The van der Waals surface area contributed by atoms with Gasteiger partial charge >= 0.3 is 229 Å². The van der Waals surface area contributed by atoms with E-state index in [9.17, 15) is 0 Å². The third kappa shape index (κ3) is 24.8. The van der Waals surface area contributed by atoms with E-state index in [2.05, 4.69) is 27.7 Å². The summed E-state index contributed by atoms with van der Waals surface area (Å²) < 4.78 is 16.5. The van der Waals surface area contributed by atoms with Crippen LogP contribution in [0.4, 0.5) is 0 Å². The van der Waals surface area contributed by atoms with Crippen LogP contribution in [0.1, 0.15) is 182 Å². The van der Waals surface area contributed by atoms with Gasteiger partial charge in [-0.1, -0.05) is 0 Å². The zero-order chi connectivity index (χ0) is 25.7. The first-order valence-electron chi connectivity index (χ1n) is 16.5. The number of hydrogen-bond donors (Lipinski definition) is 0. The molecule has 0 aromatic heterocycles. The topological polar surface area (TPSA) is 18.5 Å². The second-order valence-corrected chi connectivity index (χ2v) is 20.9. The summed E-state index contributed by atoms with van der Waals surface area (Å²) >= 11 is -2.99. The Morgan fingerprint density at radius 1 is 0.314 bits per heavy atom. The van der Waals surface area contributed by atoms with Crippen molar-refractivity contribution in [2.45, 2.75) is 191 Å². The van der Waals surface area contributed by atoms with Crippen molar-refractivity contribution in [3.8, 4) is 0 Å². The fraction of sp³-hybridized carbons (Fsp3) is 1.00. The van der Waals surface area contributed by atoms with Crippen LogP contribution in [0, 0.1) is 0 Å².